The van der Waals surface area contributed by atoms with E-state index in [9.17, 15) is 13.2 Å². The number of alkyl halides is 3. The SMILES string of the molecule is COc1cccc(-c2cc(N)cc(C(F)(F)F)c2)c1. The minimum Gasteiger partial charge on any atom is -0.497 e. The standard InChI is InChI=1S/C14H12F3NO/c1-19-13-4-2-3-9(7-13)10-5-11(14(15,16)17)8-12(18)6-10/h2-8H,18H2,1H3. The summed E-state index contributed by atoms with van der Waals surface area (Å²) < 4.78 is 43.2. The van der Waals surface area contributed by atoms with Crippen molar-refractivity contribution in [2.45, 2.75) is 6.18 Å². The van der Waals surface area contributed by atoms with Gasteiger partial charge in [-0.3, -0.25) is 0 Å². The summed E-state index contributed by atoms with van der Waals surface area (Å²) in [5.74, 6) is 0.577. The minimum absolute atomic E-state index is 0.0765. The number of hydrogen-bond donors (Lipinski definition) is 1. The van der Waals surface area contributed by atoms with Gasteiger partial charge in [-0.1, -0.05) is 12.1 Å². The summed E-state index contributed by atoms with van der Waals surface area (Å²) in [5, 5.41) is 0. The van der Waals surface area contributed by atoms with Gasteiger partial charge in [0.2, 0.25) is 0 Å². The van der Waals surface area contributed by atoms with Gasteiger partial charge in [-0.25, -0.2) is 0 Å². The monoisotopic (exact) mass is 267 g/mol. The molecule has 2 rings (SSSR count). The second-order valence-electron chi connectivity index (χ2n) is 4.07. The van der Waals surface area contributed by atoms with E-state index in [0.29, 0.717) is 16.9 Å². The number of nitrogens with two attached hydrogens (primary N) is 1. The largest absolute Gasteiger partial charge is 0.497 e. The van der Waals surface area contributed by atoms with E-state index in [-0.39, 0.29) is 5.69 Å². The molecular weight excluding hydrogens is 255 g/mol. The fourth-order valence-electron chi connectivity index (χ4n) is 1.78. The highest BCUT2D eigenvalue weighted by Gasteiger charge is 2.31. The number of nitrogen functional groups attached to an aromatic ring is 1. The number of ether oxygens (including phenoxy) is 1. The van der Waals surface area contributed by atoms with E-state index in [0.717, 1.165) is 12.1 Å². The van der Waals surface area contributed by atoms with E-state index in [2.05, 4.69) is 0 Å². The van der Waals surface area contributed by atoms with Gasteiger partial charge < -0.3 is 10.5 Å². The lowest BCUT2D eigenvalue weighted by atomic mass is 10.0. The predicted octanol–water partition coefficient (Wildman–Crippen LogP) is 3.96. The normalized spacial score (nSPS) is 11.4. The lowest BCUT2D eigenvalue weighted by Crippen LogP contribution is -2.06. The molecular formula is C14H12F3NO. The molecule has 0 atom stereocenters. The van der Waals surface area contributed by atoms with Gasteiger partial charge in [0.25, 0.3) is 0 Å². The molecule has 0 spiro atoms. The number of rotatable bonds is 2. The van der Waals surface area contributed by atoms with Crippen LogP contribution < -0.4 is 10.5 Å². The Morgan fingerprint density at radius 2 is 1.74 bits per heavy atom. The maximum Gasteiger partial charge on any atom is 0.416 e. The van der Waals surface area contributed by atoms with Crippen LogP contribution in [0.15, 0.2) is 42.5 Å². The summed E-state index contributed by atoms with van der Waals surface area (Å²) in [7, 11) is 1.50. The smallest absolute Gasteiger partial charge is 0.416 e. The Bertz CT molecular complexity index is 593. The van der Waals surface area contributed by atoms with E-state index in [4.69, 9.17) is 10.5 Å². The number of benzene rings is 2. The Labute approximate surface area is 108 Å². The van der Waals surface area contributed by atoms with Crippen molar-refractivity contribution in [1.82, 2.24) is 0 Å². The van der Waals surface area contributed by atoms with Crippen LogP contribution in [0.5, 0.6) is 5.75 Å². The molecule has 2 aromatic carbocycles. The van der Waals surface area contributed by atoms with Crippen LogP contribution >= 0.6 is 0 Å². The molecule has 0 amide bonds. The zero-order valence-electron chi connectivity index (χ0n) is 10.2. The molecule has 2 aromatic rings. The molecule has 5 heteroatoms. The van der Waals surface area contributed by atoms with Crippen LogP contribution in [0.25, 0.3) is 11.1 Å². The van der Waals surface area contributed by atoms with Gasteiger partial charge in [-0.2, -0.15) is 13.2 Å². The summed E-state index contributed by atoms with van der Waals surface area (Å²) in [6.07, 6.45) is -4.41. The Morgan fingerprint density at radius 1 is 1.00 bits per heavy atom. The molecule has 0 aromatic heterocycles. The molecule has 0 heterocycles. The van der Waals surface area contributed by atoms with Crippen LogP contribution in [-0.2, 0) is 6.18 Å². The van der Waals surface area contributed by atoms with Crippen molar-refractivity contribution < 1.29 is 17.9 Å². The molecule has 0 aliphatic heterocycles. The fourth-order valence-corrected chi connectivity index (χ4v) is 1.78. The highest BCUT2D eigenvalue weighted by Crippen LogP contribution is 2.34. The van der Waals surface area contributed by atoms with Crippen molar-refractivity contribution in [2.75, 3.05) is 12.8 Å². The average molecular weight is 267 g/mol. The van der Waals surface area contributed by atoms with Crippen LogP contribution in [0, 0.1) is 0 Å². The molecule has 2 N–H and O–H groups in total. The predicted molar refractivity (Wildman–Crippen MR) is 67.8 cm³/mol. The summed E-state index contributed by atoms with van der Waals surface area (Å²) in [4.78, 5) is 0. The molecule has 0 bridgehead atoms. The van der Waals surface area contributed by atoms with Gasteiger partial charge in [-0.05, 0) is 41.5 Å². The first-order chi connectivity index (χ1) is 8.90. The van der Waals surface area contributed by atoms with Crippen LogP contribution in [0.3, 0.4) is 0 Å². The quantitative estimate of drug-likeness (QED) is 0.836. The number of hydrogen-bond acceptors (Lipinski definition) is 2. The highest BCUT2D eigenvalue weighted by molar-refractivity contribution is 5.70. The van der Waals surface area contributed by atoms with E-state index in [1.54, 1.807) is 24.3 Å². The first-order valence-corrected chi connectivity index (χ1v) is 5.52. The first kappa shape index (κ1) is 13.3. The van der Waals surface area contributed by atoms with Crippen LogP contribution in [-0.4, -0.2) is 7.11 Å². The second-order valence-corrected chi connectivity index (χ2v) is 4.07. The lowest BCUT2D eigenvalue weighted by Gasteiger charge is -2.11. The summed E-state index contributed by atoms with van der Waals surface area (Å²) in [6, 6.07) is 10.3. The zero-order chi connectivity index (χ0) is 14.0. The van der Waals surface area contributed by atoms with E-state index in [1.165, 1.54) is 13.2 Å². The van der Waals surface area contributed by atoms with E-state index in [1.807, 2.05) is 0 Å². The first-order valence-electron chi connectivity index (χ1n) is 5.52. The molecule has 2 nitrogen and oxygen atoms in total. The molecule has 0 saturated carbocycles. The van der Waals surface area contributed by atoms with Crippen molar-refractivity contribution in [3.05, 3.63) is 48.0 Å². The maximum absolute atomic E-state index is 12.7. The van der Waals surface area contributed by atoms with Crippen molar-refractivity contribution in [3.8, 4) is 16.9 Å². The Balaban J connectivity index is 2.53. The molecule has 19 heavy (non-hydrogen) atoms. The maximum atomic E-state index is 12.7. The fraction of sp³-hybridized carbons (Fsp3) is 0.143. The van der Waals surface area contributed by atoms with Gasteiger partial charge in [-0.15, -0.1) is 0 Å². The third kappa shape index (κ3) is 2.99. The Hall–Kier alpha value is -2.17. The molecule has 0 unspecified atom stereocenters. The van der Waals surface area contributed by atoms with Gasteiger partial charge in [0.05, 0.1) is 12.7 Å². The van der Waals surface area contributed by atoms with Gasteiger partial charge in [0.15, 0.2) is 0 Å². The molecule has 0 fully saturated rings. The summed E-state index contributed by atoms with van der Waals surface area (Å²) in [6.45, 7) is 0. The van der Waals surface area contributed by atoms with Crippen molar-refractivity contribution in [3.63, 3.8) is 0 Å². The van der Waals surface area contributed by atoms with Gasteiger partial charge >= 0.3 is 6.18 Å². The molecule has 0 saturated heterocycles. The Morgan fingerprint density at radius 3 is 2.37 bits per heavy atom. The second kappa shape index (κ2) is 4.84. The molecule has 0 aliphatic carbocycles. The van der Waals surface area contributed by atoms with E-state index >= 15 is 0 Å². The third-order valence-corrected chi connectivity index (χ3v) is 2.69. The number of halogens is 3. The molecule has 0 radical (unpaired) electrons. The number of anilines is 1. The van der Waals surface area contributed by atoms with Crippen molar-refractivity contribution in [2.24, 2.45) is 0 Å². The average Bonchev–Trinajstić information content (AvgIpc) is 2.37. The van der Waals surface area contributed by atoms with Crippen molar-refractivity contribution >= 4 is 5.69 Å². The molecule has 0 aliphatic rings. The van der Waals surface area contributed by atoms with E-state index < -0.39 is 11.7 Å². The zero-order valence-corrected chi connectivity index (χ0v) is 10.2. The highest BCUT2D eigenvalue weighted by atomic mass is 19.4. The van der Waals surface area contributed by atoms with Crippen molar-refractivity contribution in [1.29, 1.82) is 0 Å². The Kier molecular flexibility index (Phi) is 3.38. The van der Waals surface area contributed by atoms with Gasteiger partial charge in [0, 0.05) is 5.69 Å². The van der Waals surface area contributed by atoms with Crippen LogP contribution in [0.2, 0.25) is 0 Å². The van der Waals surface area contributed by atoms with Gasteiger partial charge in [0.1, 0.15) is 5.75 Å². The summed E-state index contributed by atoms with van der Waals surface area (Å²) >= 11 is 0. The number of methoxy groups -OCH3 is 1. The van der Waals surface area contributed by atoms with Crippen LogP contribution in [0.4, 0.5) is 18.9 Å². The molecule has 100 valence electrons. The summed E-state index contributed by atoms with van der Waals surface area (Å²) in [5.41, 5.74) is 5.88. The lowest BCUT2D eigenvalue weighted by molar-refractivity contribution is -0.137. The van der Waals surface area contributed by atoms with Crippen LogP contribution in [0.1, 0.15) is 5.56 Å². The minimum atomic E-state index is -4.41. The third-order valence-electron chi connectivity index (χ3n) is 2.69. The topological polar surface area (TPSA) is 35.2 Å².